The molecule has 2 fully saturated rings. The number of halogens is 1. The van der Waals surface area contributed by atoms with Crippen LogP contribution >= 0.6 is 15.9 Å². The molecule has 0 spiro atoms. The van der Waals surface area contributed by atoms with Crippen LogP contribution in [0.3, 0.4) is 0 Å². The van der Waals surface area contributed by atoms with E-state index in [0.717, 1.165) is 72.2 Å². The summed E-state index contributed by atoms with van der Waals surface area (Å²) in [6.07, 6.45) is 112. The van der Waals surface area contributed by atoms with E-state index in [0.29, 0.717) is 0 Å². The van der Waals surface area contributed by atoms with Gasteiger partial charge in [-0.25, -0.2) is 0 Å². The zero-order valence-corrected chi connectivity index (χ0v) is 83.7. The lowest BCUT2D eigenvalue weighted by atomic mass is 9.90. The molecular formula is C127H181Br. The van der Waals surface area contributed by atoms with E-state index >= 15 is 0 Å². The van der Waals surface area contributed by atoms with Crippen molar-refractivity contribution in [2.24, 2.45) is 23.7 Å². The van der Waals surface area contributed by atoms with Crippen molar-refractivity contribution in [3.05, 3.63) is 450 Å². The molecule has 2 saturated carbocycles. The number of hydrogen-bond acceptors (Lipinski definition) is 0. The fourth-order valence-corrected chi connectivity index (χ4v) is 13.4. The maximum absolute atomic E-state index is 3.91. The number of hydrogen-bond donors (Lipinski definition) is 0. The molecule has 0 nitrogen and oxygen atoms in total. The largest absolute Gasteiger partial charge is 0.103 e. The summed E-state index contributed by atoms with van der Waals surface area (Å²) >= 11 is 3.39. The summed E-state index contributed by atoms with van der Waals surface area (Å²) in [5, 5.41) is 0. The van der Waals surface area contributed by atoms with Crippen LogP contribution < -0.4 is 0 Å². The number of benzene rings is 6. The lowest BCUT2D eigenvalue weighted by Gasteiger charge is -2.16. The van der Waals surface area contributed by atoms with Crippen LogP contribution in [0.5, 0.6) is 0 Å². The minimum absolute atomic E-state index is 0.764. The molecule has 15 rings (SSSR count). The van der Waals surface area contributed by atoms with Gasteiger partial charge in [0, 0.05) is 4.47 Å². The van der Waals surface area contributed by atoms with Crippen LogP contribution in [0.1, 0.15) is 311 Å². The molecule has 0 N–H and O–H groups in total. The highest BCUT2D eigenvalue weighted by molar-refractivity contribution is 9.10. The Morgan fingerprint density at radius 3 is 1.05 bits per heavy atom. The quantitative estimate of drug-likeness (QED) is 0.0848. The first-order valence-electron chi connectivity index (χ1n) is 49.0. The van der Waals surface area contributed by atoms with E-state index in [9.17, 15) is 0 Å². The molecule has 2 bridgehead atoms. The summed E-state index contributed by atoms with van der Waals surface area (Å²) in [5.74, 6) is 3.23. The summed E-state index contributed by atoms with van der Waals surface area (Å²) in [4.78, 5) is 0. The van der Waals surface area contributed by atoms with Crippen LogP contribution in [0.4, 0.5) is 0 Å². The second-order valence-electron chi connectivity index (χ2n) is 32.2. The van der Waals surface area contributed by atoms with Crippen molar-refractivity contribution >= 4 is 40.2 Å². The van der Waals surface area contributed by atoms with Gasteiger partial charge >= 0.3 is 0 Å². The molecule has 0 saturated heterocycles. The molecule has 1 atom stereocenters. The van der Waals surface area contributed by atoms with Crippen molar-refractivity contribution in [3.8, 4) is 0 Å². The van der Waals surface area contributed by atoms with Gasteiger partial charge in [-0.3, -0.25) is 0 Å². The molecule has 1 unspecified atom stereocenters. The van der Waals surface area contributed by atoms with Crippen LogP contribution in [0, 0.1) is 30.6 Å². The Morgan fingerprint density at radius 2 is 0.758 bits per heavy atom. The standard InChI is InChI=1S/C10H12.3C9H10.C8H7Br.C8H14.C8H12.C8H8.C8H14.C7H8.2C7H12.2C6H10.C5H8.C5H10.C4H8.C3H6/c1-2-3-7-10-8-5-4-6-9-10;1-3-9-6-4-8(2)5-7-9;2*1-2-6-9-7-4-3-5-8-9;1-2-7-5-3-4-6-8(7)9;3*1-2-8-6-4-3-5-7-8;1-2-4-6-8-7-5-3-1;1-2-7-4-3-6(1)5-7;1-7-5-3-2-4-6-7;1-2-4-6-7-5-3-1;1-2-4-6-5-3-1;1-3-5-6-4-2;1-2-4-5-3-1;1-3-5-4-2;1-3-4-2;1-3-2/h2,4-6,8-9H,1,3,7H2;3-7H,1H2,2H3;2-8H,1H3;2-5,7-8H,1,6H2;2-6H,1H2;2,8H,1,3-7H2;2-4,8H,1,5-7H2;2-7H,1H2;1-2H,3-8H2;1-4,6-7H,5H2;1-6H2;1-2H,3-7H2;1-2H,3-6H2;3-4,6H,1,5H2,2H3;1-2H,3-5H2;3H,1,4-5H2,2H3;3H,1,4H2,2H3;3H,1H2,2H3/b;;6-2+;;;;;;;;;;;6-4+;;;;. The molecule has 9 aliphatic rings. The van der Waals surface area contributed by atoms with Crippen molar-refractivity contribution < 1.29 is 0 Å². The molecule has 0 aliphatic heterocycles. The Morgan fingerprint density at radius 1 is 0.359 bits per heavy atom. The zero-order chi connectivity index (χ0) is 94.4. The van der Waals surface area contributed by atoms with E-state index in [1.807, 2.05) is 179 Å². The smallest absolute Gasteiger partial charge is 0.0247 e. The third kappa shape index (κ3) is 87.0. The molecule has 0 radical (unpaired) electrons. The highest BCUT2D eigenvalue weighted by Gasteiger charge is 2.19. The average Bonchev–Trinajstić information content (AvgIpc) is 1.73. The summed E-state index contributed by atoms with van der Waals surface area (Å²) in [7, 11) is 0. The topological polar surface area (TPSA) is 0 Å². The van der Waals surface area contributed by atoms with Gasteiger partial charge in [0.2, 0.25) is 0 Å². The maximum atomic E-state index is 3.91. The van der Waals surface area contributed by atoms with Crippen LogP contribution in [0.2, 0.25) is 0 Å². The summed E-state index contributed by atoms with van der Waals surface area (Å²) in [6, 6.07) is 57.3. The van der Waals surface area contributed by atoms with Gasteiger partial charge in [-0.2, -0.15) is 0 Å². The minimum Gasteiger partial charge on any atom is -0.103 e. The number of allylic oxidation sites excluding steroid dienone is 26. The third-order valence-electron chi connectivity index (χ3n) is 20.7. The van der Waals surface area contributed by atoms with Gasteiger partial charge in [0.25, 0.3) is 0 Å². The monoisotopic (exact) mass is 1790 g/mol. The van der Waals surface area contributed by atoms with Gasteiger partial charge in [-0.15, -0.1) is 52.6 Å². The van der Waals surface area contributed by atoms with E-state index in [1.165, 1.54) is 251 Å². The molecule has 0 amide bonds. The van der Waals surface area contributed by atoms with Crippen molar-refractivity contribution in [1.82, 2.24) is 0 Å². The third-order valence-corrected chi connectivity index (χ3v) is 21.5. The molecule has 1 heteroatoms. The van der Waals surface area contributed by atoms with Gasteiger partial charge < -0.3 is 0 Å². The van der Waals surface area contributed by atoms with Crippen LogP contribution in [0.25, 0.3) is 24.3 Å². The first kappa shape index (κ1) is 122. The number of rotatable bonds is 16. The second-order valence-corrected chi connectivity index (χ2v) is 33.1. The lowest BCUT2D eigenvalue weighted by molar-refractivity contribution is 0.420. The van der Waals surface area contributed by atoms with E-state index in [1.54, 1.807) is 6.08 Å². The van der Waals surface area contributed by atoms with E-state index in [-0.39, 0.29) is 0 Å². The molecule has 0 aromatic heterocycles. The summed E-state index contributed by atoms with van der Waals surface area (Å²) in [5.41, 5.74) is 10.2. The predicted molar refractivity (Wildman–Crippen MR) is 595 cm³/mol. The van der Waals surface area contributed by atoms with Crippen LogP contribution in [-0.2, 0) is 12.8 Å². The first-order chi connectivity index (χ1) is 62.8. The van der Waals surface area contributed by atoms with Crippen molar-refractivity contribution in [3.63, 3.8) is 0 Å². The van der Waals surface area contributed by atoms with Gasteiger partial charge in [-0.05, 0) is 290 Å². The number of fused-ring (bicyclic) bond motifs is 2. The summed E-state index contributed by atoms with van der Waals surface area (Å²) in [6.45, 7) is 55.9. The molecule has 128 heavy (non-hydrogen) atoms. The van der Waals surface area contributed by atoms with Gasteiger partial charge in [-0.1, -0.05) is 459 Å². The molecular weight excluding hydrogens is 1610 g/mol. The molecule has 6 aromatic carbocycles. The lowest BCUT2D eigenvalue weighted by Crippen LogP contribution is -2.01. The number of unbranched alkanes of at least 4 members (excludes halogenated alkanes) is 1. The van der Waals surface area contributed by atoms with E-state index in [4.69, 9.17) is 0 Å². The first-order valence-corrected chi connectivity index (χ1v) is 49.8. The molecule has 9 aliphatic carbocycles. The van der Waals surface area contributed by atoms with Crippen molar-refractivity contribution in [1.29, 1.82) is 0 Å². The van der Waals surface area contributed by atoms with Gasteiger partial charge in [0.1, 0.15) is 0 Å². The van der Waals surface area contributed by atoms with E-state index < -0.39 is 0 Å². The Balaban J connectivity index is -0.00000130. The minimum atomic E-state index is 0.764. The average molecular weight is 1790 g/mol. The van der Waals surface area contributed by atoms with Crippen molar-refractivity contribution in [2.45, 2.75) is 292 Å². The molecule has 696 valence electrons. The van der Waals surface area contributed by atoms with Crippen LogP contribution in [-0.4, -0.2) is 0 Å². The van der Waals surface area contributed by atoms with Crippen LogP contribution in [0.15, 0.2) is 411 Å². The van der Waals surface area contributed by atoms with Gasteiger partial charge in [0.05, 0.1) is 0 Å². The number of aryl methyl sites for hydroxylation is 2. The molecule has 0 heterocycles. The fourth-order valence-electron chi connectivity index (χ4n) is 13.0. The second kappa shape index (κ2) is 101. The SMILES string of the molecule is C/C=C/c1ccccc1.C1=CC2C=CC1C2.C1=CCCC1.C1=CCCCC1.C1=CCCCCC1.C1=CCCCCCC1.C=C1CCCCC1.C=CC.C=CC/C=C/C.C=CC1CC=CCC1.C=CC1CCCCC1.C=CCC.C=CCCC.C=CCCc1ccccc1.C=CCc1ccccc1.C=Cc1ccc(C)cc1.C=Cc1ccccc1.C=Cc1ccccc1Br. The van der Waals surface area contributed by atoms with Gasteiger partial charge in [0.15, 0.2) is 0 Å². The normalized spacial score (nSPS) is 16.1. The highest BCUT2D eigenvalue weighted by Crippen LogP contribution is 2.32. The Hall–Kier alpha value is -9.66. The Kier molecular flexibility index (Phi) is 96.7. The highest BCUT2D eigenvalue weighted by atomic mass is 79.9. The summed E-state index contributed by atoms with van der Waals surface area (Å²) < 4.78 is 1.10. The fraction of sp³-hybridized carbons (Fsp3) is 0.386. The zero-order valence-electron chi connectivity index (χ0n) is 82.2. The Bertz CT molecular complexity index is 3760. The Labute approximate surface area is 799 Å². The molecule has 6 aromatic rings. The van der Waals surface area contributed by atoms with Crippen molar-refractivity contribution in [2.75, 3.05) is 0 Å². The maximum Gasteiger partial charge on any atom is 0.0247 e. The van der Waals surface area contributed by atoms with E-state index in [2.05, 4.69) is 298 Å². The predicted octanol–water partition coefficient (Wildman–Crippen LogP) is 41.7.